The quantitative estimate of drug-likeness (QED) is 0.529. The fraction of sp³-hybridized carbons (Fsp3) is 0.333. The van der Waals surface area contributed by atoms with Gasteiger partial charge in [-0.3, -0.25) is 9.59 Å². The van der Waals surface area contributed by atoms with Gasteiger partial charge >= 0.3 is 0 Å². The van der Waals surface area contributed by atoms with Gasteiger partial charge in [0, 0.05) is 37.9 Å². The summed E-state index contributed by atoms with van der Waals surface area (Å²) in [5.41, 5.74) is 2.06. The molecule has 1 aliphatic heterocycles. The summed E-state index contributed by atoms with van der Waals surface area (Å²) in [7, 11) is -3.65. The van der Waals surface area contributed by atoms with Crippen molar-refractivity contribution in [1.29, 1.82) is 0 Å². The number of carbonyl (C=O) groups is 2. The van der Waals surface area contributed by atoms with Crippen LogP contribution in [-0.4, -0.2) is 49.7 Å². The van der Waals surface area contributed by atoms with Gasteiger partial charge in [-0.2, -0.15) is 4.31 Å². The predicted molar refractivity (Wildman–Crippen MR) is 136 cm³/mol. The van der Waals surface area contributed by atoms with Gasteiger partial charge in [-0.05, 0) is 42.3 Å². The van der Waals surface area contributed by atoms with Crippen molar-refractivity contribution in [3.05, 3.63) is 77.9 Å². The Kier molecular flexibility index (Phi) is 7.52. The Morgan fingerprint density at radius 3 is 2.34 bits per heavy atom. The third-order valence-electron chi connectivity index (χ3n) is 6.55. The van der Waals surface area contributed by atoms with Gasteiger partial charge in [-0.25, -0.2) is 8.42 Å². The maximum atomic E-state index is 13.4. The molecule has 8 heteroatoms. The summed E-state index contributed by atoms with van der Waals surface area (Å²) in [6.07, 6.45) is 1.41. The van der Waals surface area contributed by atoms with Gasteiger partial charge < -0.3 is 10.6 Å². The van der Waals surface area contributed by atoms with Crippen LogP contribution in [0.1, 0.15) is 30.9 Å². The van der Waals surface area contributed by atoms with Crippen LogP contribution in [-0.2, 0) is 26.0 Å². The summed E-state index contributed by atoms with van der Waals surface area (Å²) in [6, 6.07) is 19.7. The summed E-state index contributed by atoms with van der Waals surface area (Å²) in [4.78, 5) is 25.1. The molecule has 0 saturated carbocycles. The molecule has 0 bridgehead atoms. The molecule has 1 saturated heterocycles. The minimum Gasteiger partial charge on any atom is -0.351 e. The van der Waals surface area contributed by atoms with Crippen molar-refractivity contribution in [2.24, 2.45) is 0 Å². The Morgan fingerprint density at radius 2 is 1.63 bits per heavy atom. The largest absolute Gasteiger partial charge is 0.351 e. The van der Waals surface area contributed by atoms with Crippen molar-refractivity contribution in [3.8, 4) is 0 Å². The number of piperidine rings is 1. The second-order valence-corrected chi connectivity index (χ2v) is 11.0. The highest BCUT2D eigenvalue weighted by atomic mass is 32.2. The average molecular weight is 494 g/mol. The van der Waals surface area contributed by atoms with E-state index in [-0.39, 0.29) is 17.9 Å². The van der Waals surface area contributed by atoms with E-state index in [1.807, 2.05) is 61.5 Å². The first-order chi connectivity index (χ1) is 16.8. The van der Waals surface area contributed by atoms with E-state index in [0.29, 0.717) is 42.6 Å². The second kappa shape index (κ2) is 10.6. The van der Waals surface area contributed by atoms with E-state index >= 15 is 0 Å². The monoisotopic (exact) mass is 493 g/mol. The summed E-state index contributed by atoms with van der Waals surface area (Å²) in [5, 5.41) is 7.38. The summed E-state index contributed by atoms with van der Waals surface area (Å²) in [5.74, 6) is -0.520. The summed E-state index contributed by atoms with van der Waals surface area (Å²) in [6.45, 7) is 4.01. The zero-order valence-electron chi connectivity index (χ0n) is 20.0. The van der Waals surface area contributed by atoms with Gasteiger partial charge in [0.2, 0.25) is 21.8 Å². The Hall–Kier alpha value is -3.23. The van der Waals surface area contributed by atoms with Crippen LogP contribution in [0.4, 0.5) is 0 Å². The highest BCUT2D eigenvalue weighted by molar-refractivity contribution is 7.89. The Labute approximate surface area is 206 Å². The number of benzene rings is 3. The molecule has 35 heavy (non-hydrogen) atoms. The van der Waals surface area contributed by atoms with E-state index in [2.05, 4.69) is 10.6 Å². The molecule has 4 rings (SSSR count). The van der Waals surface area contributed by atoms with E-state index in [0.717, 1.165) is 16.5 Å². The molecule has 0 spiro atoms. The van der Waals surface area contributed by atoms with Crippen LogP contribution in [0.2, 0.25) is 0 Å². The Bertz CT molecular complexity index is 1330. The first-order valence-corrected chi connectivity index (χ1v) is 13.3. The van der Waals surface area contributed by atoms with Gasteiger partial charge in [0.1, 0.15) is 6.04 Å². The molecule has 3 aromatic rings. The maximum Gasteiger partial charge on any atom is 0.243 e. The third kappa shape index (κ3) is 5.71. The number of carbonyl (C=O) groups excluding carboxylic acids is 2. The molecular formula is C27H31N3O4S. The van der Waals surface area contributed by atoms with E-state index in [4.69, 9.17) is 0 Å². The average Bonchev–Trinajstić information content (AvgIpc) is 2.84. The molecule has 0 radical (unpaired) electrons. The number of nitrogens with zero attached hydrogens (tertiary/aromatic N) is 1. The lowest BCUT2D eigenvalue weighted by Crippen LogP contribution is -2.53. The number of fused-ring (bicyclic) bond motifs is 1. The fourth-order valence-corrected chi connectivity index (χ4v) is 6.30. The summed E-state index contributed by atoms with van der Waals surface area (Å²) >= 11 is 0. The molecular weight excluding hydrogens is 462 g/mol. The van der Waals surface area contributed by atoms with Gasteiger partial charge in [0.25, 0.3) is 0 Å². The smallest absolute Gasteiger partial charge is 0.243 e. The van der Waals surface area contributed by atoms with Crippen LogP contribution in [0.25, 0.3) is 10.8 Å². The first kappa shape index (κ1) is 24.9. The number of aryl methyl sites for hydroxylation is 1. The predicted octanol–water partition coefficient (Wildman–Crippen LogP) is 3.16. The van der Waals surface area contributed by atoms with Crippen LogP contribution in [0.5, 0.6) is 0 Å². The molecule has 184 valence electrons. The third-order valence-corrected chi connectivity index (χ3v) is 8.50. The van der Waals surface area contributed by atoms with Crippen molar-refractivity contribution in [3.63, 3.8) is 0 Å². The molecule has 7 nitrogen and oxygen atoms in total. The first-order valence-electron chi connectivity index (χ1n) is 11.9. The number of sulfonamides is 1. The maximum absolute atomic E-state index is 13.4. The lowest BCUT2D eigenvalue weighted by Gasteiger charge is -2.32. The molecule has 0 unspecified atom stereocenters. The molecule has 0 aliphatic carbocycles. The van der Waals surface area contributed by atoms with E-state index in [9.17, 15) is 18.0 Å². The van der Waals surface area contributed by atoms with E-state index < -0.39 is 16.1 Å². The molecule has 1 aliphatic rings. The van der Waals surface area contributed by atoms with Crippen molar-refractivity contribution in [2.75, 3.05) is 13.1 Å². The molecule has 3 aromatic carbocycles. The normalized spacial score (nSPS) is 16.1. The molecule has 1 fully saturated rings. The van der Waals surface area contributed by atoms with Crippen molar-refractivity contribution in [1.82, 2.24) is 14.9 Å². The van der Waals surface area contributed by atoms with Crippen molar-refractivity contribution >= 4 is 32.6 Å². The SMILES string of the molecule is CC(=O)N[C@H](Cc1ccccc1C)C(=O)NC1CCN(S(=O)(=O)c2cccc3ccccc23)CC1. The number of hydrogen-bond donors (Lipinski definition) is 2. The minimum absolute atomic E-state index is 0.158. The van der Waals surface area contributed by atoms with Gasteiger partial charge in [0.05, 0.1) is 4.90 Å². The van der Waals surface area contributed by atoms with Crippen LogP contribution in [0.3, 0.4) is 0 Å². The van der Waals surface area contributed by atoms with Crippen LogP contribution >= 0.6 is 0 Å². The highest BCUT2D eigenvalue weighted by Gasteiger charge is 2.32. The zero-order chi connectivity index (χ0) is 25.0. The molecule has 2 amide bonds. The summed E-state index contributed by atoms with van der Waals surface area (Å²) < 4.78 is 28.3. The lowest BCUT2D eigenvalue weighted by atomic mass is 9.99. The van der Waals surface area contributed by atoms with Gasteiger partial charge in [-0.1, -0.05) is 60.7 Å². The number of nitrogens with one attached hydrogen (secondary N) is 2. The van der Waals surface area contributed by atoms with Gasteiger partial charge in [0.15, 0.2) is 0 Å². The lowest BCUT2D eigenvalue weighted by molar-refractivity contribution is -0.128. The number of rotatable bonds is 7. The van der Waals surface area contributed by atoms with Crippen LogP contribution < -0.4 is 10.6 Å². The Morgan fingerprint density at radius 1 is 0.971 bits per heavy atom. The Balaban J connectivity index is 1.41. The number of hydrogen-bond acceptors (Lipinski definition) is 4. The zero-order valence-corrected chi connectivity index (χ0v) is 20.8. The van der Waals surface area contributed by atoms with E-state index in [1.165, 1.54) is 11.2 Å². The standard InChI is InChI=1S/C27H31N3O4S/c1-19-8-3-4-10-22(19)18-25(28-20(2)31)27(32)29-23-14-16-30(17-15-23)35(33,34)26-13-7-11-21-9-5-6-12-24(21)26/h3-13,23,25H,14-18H2,1-2H3,(H,28,31)(H,29,32)/t25-/m1/s1. The fourth-order valence-electron chi connectivity index (χ4n) is 4.62. The number of amides is 2. The second-order valence-electron chi connectivity index (χ2n) is 9.05. The van der Waals surface area contributed by atoms with Gasteiger partial charge in [-0.15, -0.1) is 0 Å². The minimum atomic E-state index is -3.65. The molecule has 1 atom stereocenters. The van der Waals surface area contributed by atoms with E-state index in [1.54, 1.807) is 12.1 Å². The highest BCUT2D eigenvalue weighted by Crippen LogP contribution is 2.27. The molecule has 1 heterocycles. The van der Waals surface area contributed by atoms with Crippen LogP contribution in [0.15, 0.2) is 71.6 Å². The molecule has 2 N–H and O–H groups in total. The van der Waals surface area contributed by atoms with Crippen molar-refractivity contribution in [2.45, 2.75) is 50.1 Å². The molecule has 0 aromatic heterocycles. The topological polar surface area (TPSA) is 95.6 Å². The van der Waals surface area contributed by atoms with Crippen molar-refractivity contribution < 1.29 is 18.0 Å². The van der Waals surface area contributed by atoms with Crippen LogP contribution in [0, 0.1) is 6.92 Å².